The average Bonchev–Trinajstić information content (AvgIpc) is 2.82. The Morgan fingerprint density at radius 1 is 1.40 bits per heavy atom. The third-order valence-corrected chi connectivity index (χ3v) is 3.99. The molecule has 0 aliphatic rings. The second-order valence-electron chi connectivity index (χ2n) is 3.68. The number of halogens is 2. The molecule has 0 spiro atoms. The van der Waals surface area contributed by atoms with Crippen LogP contribution in [-0.4, -0.2) is 17.3 Å². The van der Waals surface area contributed by atoms with Gasteiger partial charge in [0.2, 0.25) is 5.78 Å². The Kier molecular flexibility index (Phi) is 4.46. The molecule has 0 bridgehead atoms. The minimum atomic E-state index is -0.693. The molecule has 2 aromatic rings. The summed E-state index contributed by atoms with van der Waals surface area (Å²) in [4.78, 5) is 22.3. The molecule has 0 N–H and O–H groups in total. The fourth-order valence-corrected chi connectivity index (χ4v) is 2.74. The van der Waals surface area contributed by atoms with Gasteiger partial charge in [0.15, 0.2) is 12.4 Å². The number of ketones is 1. The number of thiophene rings is 1. The zero-order valence-corrected chi connectivity index (χ0v) is 12.2. The van der Waals surface area contributed by atoms with E-state index in [0.29, 0.717) is 4.88 Å². The first kappa shape index (κ1) is 14.6. The van der Waals surface area contributed by atoms with Crippen LogP contribution in [0.4, 0.5) is 10.1 Å². The van der Waals surface area contributed by atoms with Gasteiger partial charge in [-0.15, -0.1) is 11.3 Å². The molecular formula is C12H7BrFNO4S. The first-order chi connectivity index (χ1) is 9.47. The summed E-state index contributed by atoms with van der Waals surface area (Å²) in [6.07, 6.45) is 0. The minimum absolute atomic E-state index is 0.265. The number of nitro groups is 1. The molecule has 1 aromatic carbocycles. The number of hydrogen-bond acceptors (Lipinski definition) is 5. The molecule has 5 nitrogen and oxygen atoms in total. The fourth-order valence-electron chi connectivity index (χ4n) is 1.43. The molecule has 2 rings (SSSR count). The van der Waals surface area contributed by atoms with Crippen molar-refractivity contribution in [1.82, 2.24) is 0 Å². The van der Waals surface area contributed by atoms with Crippen LogP contribution in [0.3, 0.4) is 0 Å². The van der Waals surface area contributed by atoms with Crippen molar-refractivity contribution < 1.29 is 18.8 Å². The Bertz CT molecular complexity index is 673. The lowest BCUT2D eigenvalue weighted by molar-refractivity contribution is -0.385. The number of benzene rings is 1. The van der Waals surface area contributed by atoms with E-state index < -0.39 is 17.3 Å². The predicted octanol–water partition coefficient (Wildman–Crippen LogP) is 3.82. The van der Waals surface area contributed by atoms with E-state index in [0.717, 1.165) is 22.0 Å². The highest BCUT2D eigenvalue weighted by atomic mass is 79.9. The van der Waals surface area contributed by atoms with Crippen LogP contribution in [0, 0.1) is 15.9 Å². The van der Waals surface area contributed by atoms with Crippen molar-refractivity contribution in [3.63, 3.8) is 0 Å². The second-order valence-corrected chi connectivity index (χ2v) is 6.15. The quantitative estimate of drug-likeness (QED) is 0.462. The topological polar surface area (TPSA) is 69.4 Å². The normalized spacial score (nSPS) is 10.3. The minimum Gasteiger partial charge on any atom is -0.478 e. The summed E-state index contributed by atoms with van der Waals surface area (Å²) in [6, 6.07) is 6.17. The van der Waals surface area contributed by atoms with Crippen LogP contribution in [0.1, 0.15) is 9.67 Å². The molecule has 0 unspecified atom stereocenters. The van der Waals surface area contributed by atoms with Crippen LogP contribution in [0.5, 0.6) is 5.75 Å². The number of carbonyl (C=O) groups is 1. The maximum atomic E-state index is 13.1. The SMILES string of the molecule is O=C(COc1cc(F)ccc1[N+](=O)[O-])c1ccc(Br)s1. The van der Waals surface area contributed by atoms with Crippen molar-refractivity contribution >= 4 is 38.7 Å². The van der Waals surface area contributed by atoms with Gasteiger partial charge in [-0.2, -0.15) is 0 Å². The summed E-state index contributed by atoms with van der Waals surface area (Å²) >= 11 is 4.45. The molecule has 0 saturated heterocycles. The first-order valence-corrected chi connectivity index (χ1v) is 6.93. The van der Waals surface area contributed by atoms with Crippen molar-refractivity contribution in [2.75, 3.05) is 6.61 Å². The Balaban J connectivity index is 2.12. The van der Waals surface area contributed by atoms with Gasteiger partial charge in [0.25, 0.3) is 0 Å². The van der Waals surface area contributed by atoms with E-state index in [1.165, 1.54) is 11.3 Å². The van der Waals surface area contributed by atoms with Crippen molar-refractivity contribution in [1.29, 1.82) is 0 Å². The third kappa shape index (κ3) is 3.40. The number of hydrogen-bond donors (Lipinski definition) is 0. The molecule has 0 atom stereocenters. The van der Waals surface area contributed by atoms with E-state index >= 15 is 0 Å². The second kappa shape index (κ2) is 6.10. The predicted molar refractivity (Wildman–Crippen MR) is 74.9 cm³/mol. The van der Waals surface area contributed by atoms with Crippen LogP contribution >= 0.6 is 27.3 Å². The van der Waals surface area contributed by atoms with Gasteiger partial charge in [-0.05, 0) is 34.1 Å². The van der Waals surface area contributed by atoms with E-state index in [1.54, 1.807) is 12.1 Å². The van der Waals surface area contributed by atoms with Crippen LogP contribution in [0.15, 0.2) is 34.1 Å². The summed E-state index contributed by atoms with van der Waals surface area (Å²) in [5.41, 5.74) is -0.383. The largest absolute Gasteiger partial charge is 0.478 e. The van der Waals surface area contributed by atoms with Gasteiger partial charge in [0.05, 0.1) is 13.6 Å². The average molecular weight is 360 g/mol. The number of nitro benzene ring substituents is 1. The molecule has 0 aliphatic carbocycles. The van der Waals surface area contributed by atoms with Crippen LogP contribution in [-0.2, 0) is 0 Å². The van der Waals surface area contributed by atoms with E-state index in [9.17, 15) is 19.3 Å². The van der Waals surface area contributed by atoms with Gasteiger partial charge in [-0.1, -0.05) is 0 Å². The first-order valence-electron chi connectivity index (χ1n) is 5.32. The Morgan fingerprint density at radius 2 is 2.15 bits per heavy atom. The van der Waals surface area contributed by atoms with Crippen LogP contribution in [0.25, 0.3) is 0 Å². The molecule has 104 valence electrons. The van der Waals surface area contributed by atoms with Gasteiger partial charge in [0.1, 0.15) is 5.82 Å². The maximum absolute atomic E-state index is 13.1. The molecular weight excluding hydrogens is 353 g/mol. The lowest BCUT2D eigenvalue weighted by Crippen LogP contribution is -2.11. The summed E-state index contributed by atoms with van der Waals surface area (Å²) in [5.74, 6) is -1.27. The Labute approximate surface area is 125 Å². The van der Waals surface area contributed by atoms with Gasteiger partial charge >= 0.3 is 5.69 Å². The number of Topliss-reactive ketones (excluding diaryl/α,β-unsaturated/α-hetero) is 1. The molecule has 8 heteroatoms. The smallest absolute Gasteiger partial charge is 0.311 e. The van der Waals surface area contributed by atoms with Crippen molar-refractivity contribution in [2.24, 2.45) is 0 Å². The van der Waals surface area contributed by atoms with Crippen molar-refractivity contribution in [2.45, 2.75) is 0 Å². The molecule has 20 heavy (non-hydrogen) atoms. The molecule has 0 aliphatic heterocycles. The summed E-state index contributed by atoms with van der Waals surface area (Å²) in [6.45, 7) is -0.392. The van der Waals surface area contributed by atoms with Crippen molar-refractivity contribution in [3.8, 4) is 5.75 Å². The number of nitrogens with zero attached hydrogens (tertiary/aromatic N) is 1. The Morgan fingerprint density at radius 3 is 2.75 bits per heavy atom. The Hall–Kier alpha value is -1.80. The van der Waals surface area contributed by atoms with Crippen molar-refractivity contribution in [3.05, 3.63) is 54.9 Å². The molecule has 1 heterocycles. The van der Waals surface area contributed by atoms with E-state index in [2.05, 4.69) is 15.9 Å². The summed E-state index contributed by atoms with van der Waals surface area (Å²) in [7, 11) is 0. The third-order valence-electron chi connectivity index (χ3n) is 2.33. The zero-order chi connectivity index (χ0) is 14.7. The standard InChI is InChI=1S/C12H7BrFNO4S/c13-12-4-3-11(20-12)9(16)6-19-10-5-7(14)1-2-8(10)15(17)18/h1-5H,6H2. The summed E-state index contributed by atoms with van der Waals surface area (Å²) in [5, 5.41) is 10.8. The van der Waals surface area contributed by atoms with Crippen LogP contribution in [0.2, 0.25) is 0 Å². The molecule has 0 amide bonds. The van der Waals surface area contributed by atoms with Gasteiger partial charge < -0.3 is 4.74 Å². The molecule has 0 radical (unpaired) electrons. The van der Waals surface area contributed by atoms with E-state index in [1.807, 2.05) is 0 Å². The zero-order valence-electron chi connectivity index (χ0n) is 9.84. The lowest BCUT2D eigenvalue weighted by atomic mass is 10.3. The van der Waals surface area contributed by atoms with Crippen LogP contribution < -0.4 is 4.74 Å². The highest BCUT2D eigenvalue weighted by Crippen LogP contribution is 2.28. The number of carbonyl (C=O) groups excluding carboxylic acids is 1. The number of rotatable bonds is 5. The van der Waals surface area contributed by atoms with E-state index in [-0.39, 0.29) is 17.2 Å². The highest BCUT2D eigenvalue weighted by Gasteiger charge is 2.18. The number of ether oxygens (including phenoxy) is 1. The maximum Gasteiger partial charge on any atom is 0.311 e. The van der Waals surface area contributed by atoms with Gasteiger partial charge in [-0.25, -0.2) is 4.39 Å². The fraction of sp³-hybridized carbons (Fsp3) is 0.0833. The lowest BCUT2D eigenvalue weighted by Gasteiger charge is -2.05. The molecule has 0 saturated carbocycles. The highest BCUT2D eigenvalue weighted by molar-refractivity contribution is 9.11. The summed E-state index contributed by atoms with van der Waals surface area (Å²) < 4.78 is 18.9. The van der Waals surface area contributed by atoms with Gasteiger partial charge in [0, 0.05) is 12.1 Å². The molecule has 1 aromatic heterocycles. The van der Waals surface area contributed by atoms with E-state index in [4.69, 9.17) is 4.74 Å². The molecule has 0 fully saturated rings. The monoisotopic (exact) mass is 359 g/mol. The van der Waals surface area contributed by atoms with Gasteiger partial charge in [-0.3, -0.25) is 14.9 Å².